The van der Waals surface area contributed by atoms with E-state index in [1.54, 1.807) is 0 Å². The first kappa shape index (κ1) is 18.5. The maximum atomic E-state index is 12.7. The number of ether oxygens (including phenoxy) is 3. The molecule has 1 N–H and O–H groups in total. The number of benzene rings is 1. The first-order valence-corrected chi connectivity index (χ1v) is 9.05. The molecule has 0 saturated carbocycles. The summed E-state index contributed by atoms with van der Waals surface area (Å²) in [5.74, 6) is 0.817. The molecule has 138 valence electrons. The number of hydrogen-bond acceptors (Lipinski definition) is 5. The molecule has 6 nitrogen and oxygen atoms in total. The average molecular weight is 369 g/mol. The quantitative estimate of drug-likeness (QED) is 0.856. The molecule has 0 aliphatic carbocycles. The van der Waals surface area contributed by atoms with Gasteiger partial charge in [0.1, 0.15) is 18.0 Å². The largest absolute Gasteiger partial charge is 0.491 e. The molecule has 0 unspecified atom stereocenters. The van der Waals surface area contributed by atoms with Gasteiger partial charge in [0.05, 0.1) is 26.2 Å². The zero-order valence-corrected chi connectivity index (χ0v) is 15.3. The summed E-state index contributed by atoms with van der Waals surface area (Å²) in [6.45, 7) is 6.67. The second-order valence-electron chi connectivity index (χ2n) is 6.58. The van der Waals surface area contributed by atoms with E-state index in [1.807, 2.05) is 30.0 Å². The molecule has 25 heavy (non-hydrogen) atoms. The van der Waals surface area contributed by atoms with Gasteiger partial charge < -0.3 is 24.4 Å². The molecule has 7 heteroatoms. The van der Waals surface area contributed by atoms with E-state index < -0.39 is 5.60 Å². The SMILES string of the molecule is Cc1cc(OC[C@]2(CC(=O)N3CCOCC3)CNCCO2)ccc1Cl. The van der Waals surface area contributed by atoms with Crippen LogP contribution in [-0.2, 0) is 14.3 Å². The number of nitrogens with one attached hydrogen (secondary N) is 1. The van der Waals surface area contributed by atoms with E-state index in [4.69, 9.17) is 25.8 Å². The van der Waals surface area contributed by atoms with E-state index in [9.17, 15) is 4.79 Å². The van der Waals surface area contributed by atoms with Crippen molar-refractivity contribution >= 4 is 17.5 Å². The lowest BCUT2D eigenvalue weighted by Gasteiger charge is -2.38. The van der Waals surface area contributed by atoms with E-state index in [2.05, 4.69) is 5.32 Å². The predicted molar refractivity (Wildman–Crippen MR) is 95.3 cm³/mol. The van der Waals surface area contributed by atoms with Gasteiger partial charge in [-0.25, -0.2) is 0 Å². The fourth-order valence-corrected chi connectivity index (χ4v) is 3.20. The monoisotopic (exact) mass is 368 g/mol. The highest BCUT2D eigenvalue weighted by Crippen LogP contribution is 2.25. The van der Waals surface area contributed by atoms with Crippen molar-refractivity contribution in [2.45, 2.75) is 18.9 Å². The van der Waals surface area contributed by atoms with Crippen molar-refractivity contribution in [3.63, 3.8) is 0 Å². The lowest BCUT2D eigenvalue weighted by molar-refractivity contribution is -0.149. The molecule has 0 bridgehead atoms. The number of nitrogens with zero attached hydrogens (tertiary/aromatic N) is 1. The third-order valence-electron chi connectivity index (χ3n) is 4.60. The number of carbonyl (C=O) groups excluding carboxylic acids is 1. The van der Waals surface area contributed by atoms with Crippen molar-refractivity contribution in [2.24, 2.45) is 0 Å². The molecule has 1 amide bonds. The summed E-state index contributed by atoms with van der Waals surface area (Å²) in [6.07, 6.45) is 0.298. The maximum Gasteiger partial charge on any atom is 0.225 e. The molecule has 2 aliphatic rings. The highest BCUT2D eigenvalue weighted by atomic mass is 35.5. The molecule has 3 rings (SSSR count). The summed E-state index contributed by atoms with van der Waals surface area (Å²) in [7, 11) is 0. The molecular weight excluding hydrogens is 344 g/mol. The van der Waals surface area contributed by atoms with Gasteiger partial charge in [0.2, 0.25) is 5.91 Å². The zero-order valence-electron chi connectivity index (χ0n) is 14.6. The molecule has 1 aromatic carbocycles. The van der Waals surface area contributed by atoms with Crippen molar-refractivity contribution in [3.05, 3.63) is 28.8 Å². The van der Waals surface area contributed by atoms with E-state index in [-0.39, 0.29) is 5.91 Å². The van der Waals surface area contributed by atoms with E-state index >= 15 is 0 Å². The van der Waals surface area contributed by atoms with Crippen LogP contribution in [0.25, 0.3) is 0 Å². The Morgan fingerprint density at radius 3 is 2.84 bits per heavy atom. The Morgan fingerprint density at radius 1 is 1.36 bits per heavy atom. The van der Waals surface area contributed by atoms with Gasteiger partial charge in [-0.1, -0.05) is 11.6 Å². The summed E-state index contributed by atoms with van der Waals surface area (Å²) >= 11 is 6.06. The molecule has 0 aromatic heterocycles. The van der Waals surface area contributed by atoms with Crippen molar-refractivity contribution in [1.29, 1.82) is 0 Å². The highest BCUT2D eigenvalue weighted by Gasteiger charge is 2.38. The number of hydrogen-bond donors (Lipinski definition) is 1. The van der Waals surface area contributed by atoms with E-state index in [0.29, 0.717) is 57.5 Å². The number of halogens is 1. The predicted octanol–water partition coefficient (Wildman–Crippen LogP) is 1.63. The standard InChI is InChI=1S/C18H25ClN2O4/c1-14-10-15(2-3-16(14)19)24-13-18(12-20-4-7-25-18)11-17(22)21-5-8-23-9-6-21/h2-3,10,20H,4-9,11-13H2,1H3/t18-/m0/s1. The average Bonchev–Trinajstić information content (AvgIpc) is 2.64. The van der Waals surface area contributed by atoms with Crippen LogP contribution in [0.2, 0.25) is 5.02 Å². The van der Waals surface area contributed by atoms with Gasteiger partial charge in [-0.15, -0.1) is 0 Å². The lowest BCUT2D eigenvalue weighted by atomic mass is 9.97. The molecule has 1 atom stereocenters. The number of aryl methyl sites for hydroxylation is 1. The Hall–Kier alpha value is -1.34. The second-order valence-corrected chi connectivity index (χ2v) is 6.99. The molecular formula is C18H25ClN2O4. The van der Waals surface area contributed by atoms with Crippen LogP contribution in [0, 0.1) is 6.92 Å². The maximum absolute atomic E-state index is 12.7. The Balaban J connectivity index is 1.65. The normalized spacial score (nSPS) is 24.2. The molecule has 2 saturated heterocycles. The van der Waals surface area contributed by atoms with E-state index in [0.717, 1.165) is 17.9 Å². The lowest BCUT2D eigenvalue weighted by Crippen LogP contribution is -2.56. The van der Waals surface area contributed by atoms with Crippen LogP contribution in [0.1, 0.15) is 12.0 Å². The topological polar surface area (TPSA) is 60.0 Å². The Morgan fingerprint density at radius 2 is 2.16 bits per heavy atom. The number of carbonyl (C=O) groups is 1. The van der Waals surface area contributed by atoms with Gasteiger partial charge in [-0.05, 0) is 30.7 Å². The summed E-state index contributed by atoms with van der Waals surface area (Å²) in [5.41, 5.74) is 0.307. The summed E-state index contributed by atoms with van der Waals surface area (Å²) < 4.78 is 17.3. The fraction of sp³-hybridized carbons (Fsp3) is 0.611. The van der Waals surface area contributed by atoms with Crippen LogP contribution in [-0.4, -0.2) is 69.0 Å². The van der Waals surface area contributed by atoms with Crippen LogP contribution >= 0.6 is 11.6 Å². The van der Waals surface area contributed by atoms with Crippen LogP contribution in [0.5, 0.6) is 5.75 Å². The second kappa shape index (κ2) is 8.36. The van der Waals surface area contributed by atoms with E-state index in [1.165, 1.54) is 0 Å². The Labute approximate surface area is 153 Å². The highest BCUT2D eigenvalue weighted by molar-refractivity contribution is 6.31. The Kier molecular flexibility index (Phi) is 6.17. The van der Waals surface area contributed by atoms with Crippen molar-refractivity contribution in [3.8, 4) is 5.75 Å². The minimum atomic E-state index is -0.652. The Bertz CT molecular complexity index is 599. The number of amides is 1. The molecule has 2 aliphatic heterocycles. The minimum absolute atomic E-state index is 0.0860. The smallest absolute Gasteiger partial charge is 0.225 e. The van der Waals surface area contributed by atoms with Crippen molar-refractivity contribution < 1.29 is 19.0 Å². The first-order chi connectivity index (χ1) is 12.1. The van der Waals surface area contributed by atoms with Gasteiger partial charge in [0.25, 0.3) is 0 Å². The van der Waals surface area contributed by atoms with Crippen LogP contribution in [0.4, 0.5) is 0 Å². The van der Waals surface area contributed by atoms with Crippen molar-refractivity contribution in [1.82, 2.24) is 10.2 Å². The van der Waals surface area contributed by atoms with Gasteiger partial charge >= 0.3 is 0 Å². The van der Waals surface area contributed by atoms with Gasteiger partial charge in [-0.3, -0.25) is 4.79 Å². The molecule has 2 fully saturated rings. The van der Waals surface area contributed by atoms with Gasteiger partial charge in [0, 0.05) is 31.2 Å². The summed E-state index contributed by atoms with van der Waals surface area (Å²) in [5, 5.41) is 4.03. The van der Waals surface area contributed by atoms with Crippen LogP contribution in [0.3, 0.4) is 0 Å². The summed E-state index contributed by atoms with van der Waals surface area (Å²) in [4.78, 5) is 14.5. The van der Waals surface area contributed by atoms with Crippen LogP contribution < -0.4 is 10.1 Å². The van der Waals surface area contributed by atoms with Gasteiger partial charge in [0.15, 0.2) is 0 Å². The molecule has 0 radical (unpaired) electrons. The summed E-state index contributed by atoms with van der Waals surface area (Å²) in [6, 6.07) is 5.55. The molecule has 2 heterocycles. The number of morpholine rings is 2. The molecule has 0 spiro atoms. The number of rotatable bonds is 5. The minimum Gasteiger partial charge on any atom is -0.491 e. The first-order valence-electron chi connectivity index (χ1n) is 8.67. The third kappa shape index (κ3) is 4.85. The molecule has 1 aromatic rings. The third-order valence-corrected chi connectivity index (χ3v) is 5.03. The van der Waals surface area contributed by atoms with Gasteiger partial charge in [-0.2, -0.15) is 0 Å². The van der Waals surface area contributed by atoms with Crippen LogP contribution in [0.15, 0.2) is 18.2 Å². The fourth-order valence-electron chi connectivity index (χ4n) is 3.09. The van der Waals surface area contributed by atoms with Crippen molar-refractivity contribution in [2.75, 3.05) is 52.6 Å². The zero-order chi connectivity index (χ0) is 17.7.